The summed E-state index contributed by atoms with van der Waals surface area (Å²) in [5.41, 5.74) is -0.930. The van der Waals surface area contributed by atoms with Crippen molar-refractivity contribution in [2.75, 3.05) is 18.7 Å². The van der Waals surface area contributed by atoms with Crippen molar-refractivity contribution in [2.45, 2.75) is 25.3 Å². The lowest BCUT2D eigenvalue weighted by molar-refractivity contribution is -0.148. The number of carboxylic acids is 1. The summed E-state index contributed by atoms with van der Waals surface area (Å²) in [7, 11) is 1.35. The van der Waals surface area contributed by atoms with Crippen LogP contribution in [0.15, 0.2) is 35.4 Å². The van der Waals surface area contributed by atoms with Gasteiger partial charge in [0, 0.05) is 20.0 Å². The number of aliphatic carboxylic acids is 1. The first-order chi connectivity index (χ1) is 11.4. The van der Waals surface area contributed by atoms with Gasteiger partial charge in [-0.3, -0.25) is 9.59 Å². The zero-order valence-corrected chi connectivity index (χ0v) is 13.5. The van der Waals surface area contributed by atoms with Crippen LogP contribution in [-0.2, 0) is 19.1 Å². The molecule has 0 radical (unpaired) electrons. The quantitative estimate of drug-likeness (QED) is 0.799. The summed E-state index contributed by atoms with van der Waals surface area (Å²) >= 11 is 0. The van der Waals surface area contributed by atoms with E-state index < -0.39 is 17.4 Å². The van der Waals surface area contributed by atoms with E-state index in [0.29, 0.717) is 5.69 Å². The molecule has 1 unspecified atom stereocenters. The van der Waals surface area contributed by atoms with Gasteiger partial charge in [0.1, 0.15) is 5.71 Å². The van der Waals surface area contributed by atoms with Gasteiger partial charge in [0.2, 0.25) is 5.91 Å². The second kappa shape index (κ2) is 7.22. The fraction of sp³-hybridized carbons (Fsp3) is 0.375. The van der Waals surface area contributed by atoms with Gasteiger partial charge >= 0.3 is 5.97 Å². The minimum Gasteiger partial charge on any atom is -0.479 e. The average Bonchev–Trinajstić information content (AvgIpc) is 2.56. The third-order valence-electron chi connectivity index (χ3n) is 3.59. The Labute approximate surface area is 139 Å². The Morgan fingerprint density at radius 1 is 1.33 bits per heavy atom. The second-order valence-electron chi connectivity index (χ2n) is 5.61. The molecule has 0 saturated carbocycles. The van der Waals surface area contributed by atoms with E-state index in [1.54, 1.807) is 30.3 Å². The van der Waals surface area contributed by atoms with Crippen LogP contribution in [0.1, 0.15) is 19.8 Å². The highest BCUT2D eigenvalue weighted by molar-refractivity contribution is 6.40. The molecule has 1 aliphatic heterocycles. The Bertz CT molecular complexity index is 674. The molecule has 24 heavy (non-hydrogen) atoms. The van der Waals surface area contributed by atoms with E-state index in [1.165, 1.54) is 14.0 Å². The molecule has 2 amide bonds. The van der Waals surface area contributed by atoms with E-state index in [1.807, 2.05) is 0 Å². The molecule has 1 heterocycles. The first-order valence-electron chi connectivity index (χ1n) is 7.38. The highest BCUT2D eigenvalue weighted by Gasteiger charge is 2.37. The molecule has 0 aliphatic carbocycles. The predicted molar refractivity (Wildman–Crippen MR) is 86.7 cm³/mol. The summed E-state index contributed by atoms with van der Waals surface area (Å²) < 4.78 is 4.86. The maximum absolute atomic E-state index is 12.4. The summed E-state index contributed by atoms with van der Waals surface area (Å²) in [6.07, 6.45) is 0.270. The molecule has 128 valence electrons. The maximum Gasteiger partial charge on any atom is 0.331 e. The van der Waals surface area contributed by atoms with E-state index in [-0.39, 0.29) is 31.1 Å². The van der Waals surface area contributed by atoms with Crippen LogP contribution in [0, 0.1) is 0 Å². The SMILES string of the molecule is COCC(C)(NC(=O)C1=NN(c2ccccc2)C(=O)CC1)C(=O)O. The van der Waals surface area contributed by atoms with E-state index in [9.17, 15) is 19.5 Å². The van der Waals surface area contributed by atoms with Crippen LogP contribution in [0.2, 0.25) is 0 Å². The number of anilines is 1. The predicted octanol–water partition coefficient (Wildman–Crippen LogP) is 0.775. The number of carbonyl (C=O) groups is 3. The number of carbonyl (C=O) groups excluding carboxylic acids is 2. The summed E-state index contributed by atoms with van der Waals surface area (Å²) in [6.45, 7) is 1.16. The molecular weight excluding hydrogens is 314 g/mol. The van der Waals surface area contributed by atoms with Gasteiger partial charge in [-0.05, 0) is 19.1 Å². The molecule has 1 atom stereocenters. The van der Waals surface area contributed by atoms with Crippen molar-refractivity contribution in [2.24, 2.45) is 5.10 Å². The lowest BCUT2D eigenvalue weighted by atomic mass is 10.0. The molecule has 0 saturated heterocycles. The fourth-order valence-electron chi connectivity index (χ4n) is 2.25. The highest BCUT2D eigenvalue weighted by atomic mass is 16.5. The number of nitrogens with zero attached hydrogens (tertiary/aromatic N) is 2. The Hall–Kier alpha value is -2.74. The number of ether oxygens (including phenoxy) is 1. The molecule has 1 aromatic carbocycles. The van der Waals surface area contributed by atoms with Gasteiger partial charge in [-0.15, -0.1) is 0 Å². The molecule has 8 nitrogen and oxygen atoms in total. The fourth-order valence-corrected chi connectivity index (χ4v) is 2.25. The van der Waals surface area contributed by atoms with Crippen molar-refractivity contribution < 1.29 is 24.2 Å². The lowest BCUT2D eigenvalue weighted by Gasteiger charge is -2.27. The number of nitrogens with one attached hydrogen (secondary N) is 1. The van der Waals surface area contributed by atoms with Crippen LogP contribution in [0.3, 0.4) is 0 Å². The van der Waals surface area contributed by atoms with Crippen molar-refractivity contribution in [3.8, 4) is 0 Å². The molecule has 1 aliphatic rings. The molecule has 2 rings (SSSR count). The van der Waals surface area contributed by atoms with Crippen LogP contribution in [0.5, 0.6) is 0 Å². The molecule has 1 aromatic rings. The van der Waals surface area contributed by atoms with Crippen LogP contribution < -0.4 is 10.3 Å². The summed E-state index contributed by atoms with van der Waals surface area (Å²) in [6, 6.07) is 8.72. The molecular formula is C16H19N3O5. The number of carboxylic acid groups (broad SMARTS) is 1. The van der Waals surface area contributed by atoms with Crippen LogP contribution in [0.25, 0.3) is 0 Å². The number of amides is 2. The van der Waals surface area contributed by atoms with Gasteiger partial charge in [-0.2, -0.15) is 5.10 Å². The van der Waals surface area contributed by atoms with Gasteiger partial charge in [-0.1, -0.05) is 18.2 Å². The standard InChI is InChI=1S/C16H19N3O5/c1-16(10-24-2,15(22)23)17-14(21)12-8-9-13(20)19(18-12)11-6-4-3-5-7-11/h3-7H,8-10H2,1-2H3,(H,17,21)(H,22,23). The Morgan fingerprint density at radius 3 is 2.58 bits per heavy atom. The normalized spacial score (nSPS) is 17.0. The molecule has 8 heteroatoms. The van der Waals surface area contributed by atoms with E-state index in [0.717, 1.165) is 5.01 Å². The Kier molecular flexibility index (Phi) is 5.30. The van der Waals surface area contributed by atoms with Crippen molar-refractivity contribution >= 4 is 29.2 Å². The lowest BCUT2D eigenvalue weighted by Crippen LogP contribution is -2.57. The molecule has 0 spiro atoms. The third-order valence-corrected chi connectivity index (χ3v) is 3.59. The number of hydrogen-bond acceptors (Lipinski definition) is 5. The van der Waals surface area contributed by atoms with Crippen molar-refractivity contribution in [3.05, 3.63) is 30.3 Å². The van der Waals surface area contributed by atoms with Gasteiger partial charge in [-0.25, -0.2) is 9.80 Å². The van der Waals surface area contributed by atoms with Crippen molar-refractivity contribution in [3.63, 3.8) is 0 Å². The third kappa shape index (κ3) is 3.77. The van der Waals surface area contributed by atoms with Gasteiger partial charge in [0.25, 0.3) is 5.91 Å². The van der Waals surface area contributed by atoms with Crippen LogP contribution in [-0.4, -0.2) is 47.9 Å². The van der Waals surface area contributed by atoms with Gasteiger partial charge < -0.3 is 15.2 Å². The number of benzene rings is 1. The number of methoxy groups -OCH3 is 1. The first-order valence-corrected chi connectivity index (χ1v) is 7.38. The Balaban J connectivity index is 2.22. The van der Waals surface area contributed by atoms with Gasteiger partial charge in [0.15, 0.2) is 5.54 Å². The molecule has 0 fully saturated rings. The summed E-state index contributed by atoms with van der Waals surface area (Å²) in [5, 5.41) is 17.0. The van der Waals surface area contributed by atoms with E-state index in [2.05, 4.69) is 10.4 Å². The highest BCUT2D eigenvalue weighted by Crippen LogP contribution is 2.20. The van der Waals surface area contributed by atoms with Crippen LogP contribution >= 0.6 is 0 Å². The molecule has 0 aromatic heterocycles. The van der Waals surface area contributed by atoms with E-state index in [4.69, 9.17) is 4.74 Å². The minimum atomic E-state index is -1.58. The summed E-state index contributed by atoms with van der Waals surface area (Å²) in [4.78, 5) is 35.8. The maximum atomic E-state index is 12.4. The number of hydrogen-bond donors (Lipinski definition) is 2. The average molecular weight is 333 g/mol. The molecule has 2 N–H and O–H groups in total. The second-order valence-corrected chi connectivity index (χ2v) is 5.61. The number of hydrazone groups is 1. The topological polar surface area (TPSA) is 108 Å². The summed E-state index contributed by atoms with van der Waals surface area (Å²) in [5.74, 6) is -2.08. The minimum absolute atomic E-state index is 0.0991. The number of rotatable bonds is 6. The first kappa shape index (κ1) is 17.6. The Morgan fingerprint density at radius 2 is 2.00 bits per heavy atom. The zero-order chi connectivity index (χ0) is 17.7. The smallest absolute Gasteiger partial charge is 0.331 e. The zero-order valence-electron chi connectivity index (χ0n) is 13.5. The molecule has 0 bridgehead atoms. The monoisotopic (exact) mass is 333 g/mol. The van der Waals surface area contributed by atoms with Crippen molar-refractivity contribution in [1.82, 2.24) is 5.32 Å². The van der Waals surface area contributed by atoms with E-state index >= 15 is 0 Å². The largest absolute Gasteiger partial charge is 0.479 e. The van der Waals surface area contributed by atoms with Gasteiger partial charge in [0.05, 0.1) is 12.3 Å². The number of para-hydroxylation sites is 1. The van der Waals surface area contributed by atoms with Crippen molar-refractivity contribution in [1.29, 1.82) is 0 Å². The van der Waals surface area contributed by atoms with Crippen LogP contribution in [0.4, 0.5) is 5.69 Å².